The predicted octanol–water partition coefficient (Wildman–Crippen LogP) is 7.13. The molecule has 0 aromatic carbocycles. The van der Waals surface area contributed by atoms with Gasteiger partial charge in [-0.3, -0.25) is 0 Å². The Hall–Kier alpha value is -1.02. The Bertz CT molecular complexity index is 408. The van der Waals surface area contributed by atoms with E-state index in [1.807, 2.05) is 18.2 Å². The van der Waals surface area contributed by atoms with Crippen LogP contribution in [-0.2, 0) is 6.42 Å². The highest BCUT2D eigenvalue weighted by molar-refractivity contribution is 5.09. The van der Waals surface area contributed by atoms with E-state index in [1.165, 1.54) is 57.8 Å². The zero-order chi connectivity index (χ0) is 17.5. The summed E-state index contributed by atoms with van der Waals surface area (Å²) in [4.78, 5) is 0. The van der Waals surface area contributed by atoms with Gasteiger partial charge in [-0.05, 0) is 31.4 Å². The van der Waals surface area contributed by atoms with Crippen molar-refractivity contribution < 1.29 is 9.52 Å². The quantitative estimate of drug-likeness (QED) is 0.257. The fourth-order valence-corrected chi connectivity index (χ4v) is 3.10. The van der Waals surface area contributed by atoms with Crippen LogP contribution in [0.1, 0.15) is 108 Å². The van der Waals surface area contributed by atoms with Crippen molar-refractivity contribution in [3.8, 4) is 0 Å². The van der Waals surface area contributed by atoms with Gasteiger partial charge in [0.05, 0.1) is 0 Å². The number of aliphatic hydroxyl groups excluding tert-OH is 1. The summed E-state index contributed by atoms with van der Waals surface area (Å²) in [5.74, 6) is 1.72. The van der Waals surface area contributed by atoms with Crippen LogP contribution in [-0.4, -0.2) is 5.11 Å². The van der Waals surface area contributed by atoms with Crippen LogP contribution in [0.4, 0.5) is 0 Å². The lowest BCUT2D eigenvalue weighted by molar-refractivity contribution is 0.135. The van der Waals surface area contributed by atoms with Gasteiger partial charge in [0.2, 0.25) is 0 Å². The number of hydrogen-bond acceptors (Lipinski definition) is 2. The molecule has 1 N–H and O–H groups in total. The highest BCUT2D eigenvalue weighted by atomic mass is 16.4. The summed E-state index contributed by atoms with van der Waals surface area (Å²) >= 11 is 0. The zero-order valence-electron chi connectivity index (χ0n) is 15.8. The van der Waals surface area contributed by atoms with Crippen molar-refractivity contribution in [1.82, 2.24) is 0 Å². The molecule has 0 aliphatic rings. The van der Waals surface area contributed by atoms with Crippen LogP contribution in [0, 0.1) is 0 Å². The first kappa shape index (κ1) is 21.0. The van der Waals surface area contributed by atoms with Gasteiger partial charge in [0.25, 0.3) is 0 Å². The van der Waals surface area contributed by atoms with E-state index in [0.717, 1.165) is 43.6 Å². The van der Waals surface area contributed by atoms with Gasteiger partial charge in [0, 0.05) is 6.42 Å². The molecule has 0 bridgehead atoms. The fourth-order valence-electron chi connectivity index (χ4n) is 3.10. The van der Waals surface area contributed by atoms with Gasteiger partial charge in [-0.1, -0.05) is 77.2 Å². The lowest BCUT2D eigenvalue weighted by Gasteiger charge is -2.07. The van der Waals surface area contributed by atoms with Crippen LogP contribution in [0.15, 0.2) is 29.2 Å². The lowest BCUT2D eigenvalue weighted by atomic mass is 10.0. The maximum Gasteiger partial charge on any atom is 0.132 e. The highest BCUT2D eigenvalue weighted by Crippen LogP contribution is 2.23. The average molecular weight is 335 g/mol. The van der Waals surface area contributed by atoms with E-state index in [-0.39, 0.29) is 0 Å². The van der Waals surface area contributed by atoms with Crippen molar-refractivity contribution in [3.05, 3.63) is 36.3 Å². The zero-order valence-corrected chi connectivity index (χ0v) is 15.8. The Morgan fingerprint density at radius 2 is 1.58 bits per heavy atom. The molecule has 0 aliphatic carbocycles. The monoisotopic (exact) mass is 334 g/mol. The van der Waals surface area contributed by atoms with Crippen LogP contribution in [0.25, 0.3) is 0 Å². The minimum absolute atomic E-state index is 0.438. The van der Waals surface area contributed by atoms with Crippen LogP contribution < -0.4 is 0 Å². The van der Waals surface area contributed by atoms with E-state index in [1.54, 1.807) is 0 Å². The number of allylic oxidation sites excluding steroid dienone is 1. The molecule has 0 saturated heterocycles. The third-order valence-corrected chi connectivity index (χ3v) is 4.67. The normalized spacial score (nSPS) is 12.4. The molecular formula is C22H38O2. The number of aliphatic hydroxyl groups is 1. The van der Waals surface area contributed by atoms with Crippen molar-refractivity contribution in [2.75, 3.05) is 0 Å². The number of unbranched alkanes of at least 4 members (excludes halogenated alkanes) is 10. The summed E-state index contributed by atoms with van der Waals surface area (Å²) in [7, 11) is 0. The minimum Gasteiger partial charge on any atom is -0.463 e. The molecule has 0 aliphatic heterocycles. The largest absolute Gasteiger partial charge is 0.463 e. The van der Waals surface area contributed by atoms with Gasteiger partial charge >= 0.3 is 0 Å². The molecule has 138 valence electrons. The number of furan rings is 1. The van der Waals surface area contributed by atoms with Gasteiger partial charge < -0.3 is 9.52 Å². The third-order valence-electron chi connectivity index (χ3n) is 4.67. The molecule has 0 fully saturated rings. The maximum atomic E-state index is 10.2. The average Bonchev–Trinajstić information content (AvgIpc) is 3.05. The molecule has 24 heavy (non-hydrogen) atoms. The first-order valence-corrected chi connectivity index (χ1v) is 10.2. The van der Waals surface area contributed by atoms with Crippen LogP contribution in [0.5, 0.6) is 0 Å². The van der Waals surface area contributed by atoms with Gasteiger partial charge in [-0.25, -0.2) is 0 Å². The molecule has 1 aromatic heterocycles. The maximum absolute atomic E-state index is 10.2. The van der Waals surface area contributed by atoms with Gasteiger partial charge in [-0.2, -0.15) is 0 Å². The van der Waals surface area contributed by atoms with E-state index < -0.39 is 6.10 Å². The van der Waals surface area contributed by atoms with Crippen molar-refractivity contribution in [2.24, 2.45) is 0 Å². The molecule has 1 rings (SSSR count). The molecule has 1 unspecified atom stereocenters. The van der Waals surface area contributed by atoms with Gasteiger partial charge in [0.15, 0.2) is 0 Å². The van der Waals surface area contributed by atoms with Crippen LogP contribution in [0.2, 0.25) is 0 Å². The Morgan fingerprint density at radius 3 is 2.21 bits per heavy atom. The van der Waals surface area contributed by atoms with Crippen molar-refractivity contribution in [1.29, 1.82) is 0 Å². The Kier molecular flexibility index (Phi) is 12.6. The first-order chi connectivity index (χ1) is 11.8. The topological polar surface area (TPSA) is 33.4 Å². The van der Waals surface area contributed by atoms with Crippen molar-refractivity contribution in [2.45, 2.75) is 103 Å². The van der Waals surface area contributed by atoms with Crippen LogP contribution in [0.3, 0.4) is 0 Å². The smallest absolute Gasteiger partial charge is 0.132 e. The second-order valence-electron chi connectivity index (χ2n) is 6.97. The molecular weight excluding hydrogens is 296 g/mol. The van der Waals surface area contributed by atoms with E-state index in [9.17, 15) is 5.11 Å². The highest BCUT2D eigenvalue weighted by Gasteiger charge is 2.11. The number of aryl methyl sites for hydroxylation is 1. The van der Waals surface area contributed by atoms with E-state index in [0.29, 0.717) is 0 Å². The van der Waals surface area contributed by atoms with E-state index in [4.69, 9.17) is 4.42 Å². The molecule has 1 atom stereocenters. The lowest BCUT2D eigenvalue weighted by Crippen LogP contribution is -1.95. The molecule has 1 aromatic rings. The summed E-state index contributed by atoms with van der Waals surface area (Å²) in [6.07, 6.45) is 18.6. The van der Waals surface area contributed by atoms with E-state index in [2.05, 4.69) is 13.5 Å². The summed E-state index contributed by atoms with van der Waals surface area (Å²) in [5.41, 5.74) is 0. The molecule has 2 heteroatoms. The third kappa shape index (κ3) is 9.97. The van der Waals surface area contributed by atoms with Gasteiger partial charge in [-0.15, -0.1) is 6.58 Å². The van der Waals surface area contributed by atoms with Crippen molar-refractivity contribution in [3.63, 3.8) is 0 Å². The number of hydrogen-bond donors (Lipinski definition) is 1. The minimum atomic E-state index is -0.438. The number of rotatable bonds is 16. The summed E-state index contributed by atoms with van der Waals surface area (Å²) in [5, 5.41) is 10.2. The SMILES string of the molecule is C=CCCCc1ccc(C(O)CCCCCCCCCCCC)o1. The molecule has 2 nitrogen and oxygen atoms in total. The second kappa shape index (κ2) is 14.3. The van der Waals surface area contributed by atoms with E-state index >= 15 is 0 Å². The summed E-state index contributed by atoms with van der Waals surface area (Å²) < 4.78 is 5.75. The van der Waals surface area contributed by atoms with Gasteiger partial charge in [0.1, 0.15) is 17.6 Å². The fraction of sp³-hybridized carbons (Fsp3) is 0.727. The Morgan fingerprint density at radius 1 is 0.958 bits per heavy atom. The molecule has 0 spiro atoms. The van der Waals surface area contributed by atoms with Crippen molar-refractivity contribution >= 4 is 0 Å². The summed E-state index contributed by atoms with van der Waals surface area (Å²) in [6.45, 7) is 6.00. The standard InChI is InChI=1S/C22H38O2/c1-3-5-7-8-9-10-11-12-13-15-17-21(23)22-19-18-20(24-22)16-14-6-4-2/h4,18-19,21,23H,2-3,5-17H2,1H3. The molecule has 0 amide bonds. The molecule has 0 saturated carbocycles. The van der Waals surface area contributed by atoms with Crippen LogP contribution >= 0.6 is 0 Å². The molecule has 0 radical (unpaired) electrons. The predicted molar refractivity (Wildman–Crippen MR) is 103 cm³/mol. The molecule has 1 heterocycles. The summed E-state index contributed by atoms with van der Waals surface area (Å²) in [6, 6.07) is 3.93. The second-order valence-corrected chi connectivity index (χ2v) is 6.97. The first-order valence-electron chi connectivity index (χ1n) is 10.2. The Labute approximate surface area is 149 Å². The Balaban J connectivity index is 2.01.